The number of aromatic nitrogens is 5. The minimum atomic E-state index is 0.336. The highest BCUT2D eigenvalue weighted by Gasteiger charge is 2.24. The molecule has 1 fully saturated rings. The predicted octanol–water partition coefficient (Wildman–Crippen LogP) is 4.02. The van der Waals surface area contributed by atoms with Gasteiger partial charge in [0.1, 0.15) is 11.4 Å². The molecule has 3 aromatic rings. The van der Waals surface area contributed by atoms with Gasteiger partial charge in [0.15, 0.2) is 0 Å². The molecule has 0 unspecified atom stereocenters. The molecule has 7 heteroatoms. The molecule has 0 atom stereocenters. The molecule has 3 heterocycles. The van der Waals surface area contributed by atoms with Crippen molar-refractivity contribution in [2.75, 3.05) is 13.1 Å². The van der Waals surface area contributed by atoms with E-state index in [2.05, 4.69) is 52.1 Å². The van der Waals surface area contributed by atoms with E-state index < -0.39 is 0 Å². The molecule has 0 spiro atoms. The van der Waals surface area contributed by atoms with Crippen molar-refractivity contribution in [3.05, 3.63) is 47.3 Å². The smallest absolute Gasteiger partial charge is 0.322 e. The van der Waals surface area contributed by atoms with Crippen LogP contribution in [0.25, 0.3) is 11.4 Å². The summed E-state index contributed by atoms with van der Waals surface area (Å²) in [6.45, 7) is 8.26. The lowest BCUT2D eigenvalue weighted by molar-refractivity contribution is 0.340. The van der Waals surface area contributed by atoms with E-state index in [4.69, 9.17) is 9.72 Å². The van der Waals surface area contributed by atoms with Crippen LogP contribution in [0.4, 0.5) is 0 Å². The van der Waals surface area contributed by atoms with Crippen molar-refractivity contribution in [3.63, 3.8) is 0 Å². The van der Waals surface area contributed by atoms with Gasteiger partial charge in [-0.25, -0.2) is 9.67 Å². The second kappa shape index (κ2) is 8.69. The molecule has 152 valence electrons. The standard InChI is InChI=1S/C22H28N6O/c1-4-5-20-21(28(27-26-20)17-6-9-23-10-7-17)19-8-11-24-22(25-19)29-18-13-15(2)12-16(3)14-18/h8,11-14,17,23H,4-7,9-10H2,1-3H3. The third kappa shape index (κ3) is 4.45. The first kappa shape index (κ1) is 19.5. The third-order valence-electron chi connectivity index (χ3n) is 5.19. The highest BCUT2D eigenvalue weighted by molar-refractivity contribution is 5.57. The minimum Gasteiger partial charge on any atom is -0.424 e. The van der Waals surface area contributed by atoms with Crippen molar-refractivity contribution in [1.29, 1.82) is 0 Å². The maximum Gasteiger partial charge on any atom is 0.322 e. The molecule has 0 radical (unpaired) electrons. The van der Waals surface area contributed by atoms with Crippen molar-refractivity contribution < 1.29 is 4.74 Å². The van der Waals surface area contributed by atoms with Crippen LogP contribution in [0.3, 0.4) is 0 Å². The summed E-state index contributed by atoms with van der Waals surface area (Å²) in [7, 11) is 0. The number of benzene rings is 1. The van der Waals surface area contributed by atoms with Crippen molar-refractivity contribution in [2.45, 2.75) is 52.5 Å². The topological polar surface area (TPSA) is 77.8 Å². The lowest BCUT2D eigenvalue weighted by Gasteiger charge is -2.24. The Morgan fingerprint density at radius 3 is 2.62 bits per heavy atom. The van der Waals surface area contributed by atoms with Crippen molar-refractivity contribution >= 4 is 0 Å². The fourth-order valence-electron chi connectivity index (χ4n) is 3.92. The second-order valence-corrected chi connectivity index (χ2v) is 7.71. The van der Waals surface area contributed by atoms with E-state index in [-0.39, 0.29) is 0 Å². The van der Waals surface area contributed by atoms with E-state index >= 15 is 0 Å². The van der Waals surface area contributed by atoms with Gasteiger partial charge in [-0.15, -0.1) is 5.10 Å². The maximum atomic E-state index is 5.98. The Kier molecular flexibility index (Phi) is 5.85. The Hall–Kier alpha value is -2.80. The van der Waals surface area contributed by atoms with Gasteiger partial charge in [0.25, 0.3) is 0 Å². The van der Waals surface area contributed by atoms with E-state index in [1.54, 1.807) is 6.20 Å². The van der Waals surface area contributed by atoms with Crippen LogP contribution in [-0.2, 0) is 6.42 Å². The fraction of sp³-hybridized carbons (Fsp3) is 0.455. The monoisotopic (exact) mass is 392 g/mol. The highest BCUT2D eigenvalue weighted by Crippen LogP contribution is 2.30. The zero-order valence-corrected chi connectivity index (χ0v) is 17.4. The summed E-state index contributed by atoms with van der Waals surface area (Å²) in [5.41, 5.74) is 5.09. The van der Waals surface area contributed by atoms with Gasteiger partial charge >= 0.3 is 6.01 Å². The van der Waals surface area contributed by atoms with E-state index in [1.807, 2.05) is 18.2 Å². The van der Waals surface area contributed by atoms with Crippen molar-refractivity contribution in [1.82, 2.24) is 30.3 Å². The Morgan fingerprint density at radius 1 is 1.14 bits per heavy atom. The molecule has 1 aromatic carbocycles. The third-order valence-corrected chi connectivity index (χ3v) is 5.19. The number of rotatable bonds is 6. The van der Waals surface area contributed by atoms with Gasteiger partial charge in [-0.05, 0) is 75.5 Å². The average Bonchev–Trinajstić information content (AvgIpc) is 3.12. The van der Waals surface area contributed by atoms with Crippen LogP contribution in [-0.4, -0.2) is 38.1 Å². The zero-order valence-electron chi connectivity index (χ0n) is 17.4. The van der Waals surface area contributed by atoms with Gasteiger partial charge in [0.05, 0.1) is 17.4 Å². The molecule has 4 rings (SSSR count). The number of aryl methyl sites for hydroxylation is 3. The Labute approximate surface area is 171 Å². The van der Waals surface area contributed by atoms with Crippen molar-refractivity contribution in [2.24, 2.45) is 0 Å². The summed E-state index contributed by atoms with van der Waals surface area (Å²) < 4.78 is 8.05. The largest absolute Gasteiger partial charge is 0.424 e. The van der Waals surface area contributed by atoms with Crippen LogP contribution in [0.2, 0.25) is 0 Å². The average molecular weight is 393 g/mol. The summed E-state index contributed by atoms with van der Waals surface area (Å²) in [5.74, 6) is 0.749. The van der Waals surface area contributed by atoms with E-state index in [1.165, 1.54) is 0 Å². The second-order valence-electron chi connectivity index (χ2n) is 7.71. The van der Waals surface area contributed by atoms with Gasteiger partial charge in [-0.3, -0.25) is 0 Å². The Balaban J connectivity index is 1.69. The molecule has 0 amide bonds. The van der Waals surface area contributed by atoms with E-state index in [0.29, 0.717) is 12.1 Å². The quantitative estimate of drug-likeness (QED) is 0.683. The molecule has 0 saturated carbocycles. The lowest BCUT2D eigenvalue weighted by Crippen LogP contribution is -2.30. The molecular weight excluding hydrogens is 364 g/mol. The summed E-state index contributed by atoms with van der Waals surface area (Å²) in [4.78, 5) is 9.05. The Morgan fingerprint density at radius 2 is 1.90 bits per heavy atom. The van der Waals surface area contributed by atoms with Crippen LogP contribution < -0.4 is 10.1 Å². The molecule has 1 N–H and O–H groups in total. The van der Waals surface area contributed by atoms with Crippen LogP contribution in [0, 0.1) is 13.8 Å². The predicted molar refractivity (Wildman–Crippen MR) is 112 cm³/mol. The van der Waals surface area contributed by atoms with Gasteiger partial charge in [0, 0.05) is 6.20 Å². The van der Waals surface area contributed by atoms with Gasteiger partial charge in [-0.2, -0.15) is 4.98 Å². The molecule has 2 aromatic heterocycles. The molecule has 1 saturated heterocycles. The fourth-order valence-corrected chi connectivity index (χ4v) is 3.92. The number of piperidine rings is 1. The van der Waals surface area contributed by atoms with Crippen LogP contribution in [0.15, 0.2) is 30.5 Å². The summed E-state index contributed by atoms with van der Waals surface area (Å²) in [6.07, 6.45) is 5.71. The summed E-state index contributed by atoms with van der Waals surface area (Å²) in [6, 6.07) is 8.70. The van der Waals surface area contributed by atoms with Crippen LogP contribution >= 0.6 is 0 Å². The Bertz CT molecular complexity index is 957. The maximum absolute atomic E-state index is 5.98. The zero-order chi connectivity index (χ0) is 20.2. The first-order valence-corrected chi connectivity index (χ1v) is 10.4. The number of hydrogen-bond donors (Lipinski definition) is 1. The molecule has 1 aliphatic heterocycles. The first-order valence-electron chi connectivity index (χ1n) is 10.4. The number of hydrogen-bond acceptors (Lipinski definition) is 6. The van der Waals surface area contributed by atoms with E-state index in [9.17, 15) is 0 Å². The first-order chi connectivity index (χ1) is 14.1. The normalized spacial score (nSPS) is 14.9. The minimum absolute atomic E-state index is 0.336. The molecule has 0 bridgehead atoms. The molecule has 1 aliphatic rings. The molecule has 7 nitrogen and oxygen atoms in total. The van der Waals surface area contributed by atoms with Crippen molar-refractivity contribution in [3.8, 4) is 23.1 Å². The van der Waals surface area contributed by atoms with Gasteiger partial charge in [0.2, 0.25) is 0 Å². The van der Waals surface area contributed by atoms with Gasteiger partial charge in [-0.1, -0.05) is 24.6 Å². The highest BCUT2D eigenvalue weighted by atomic mass is 16.5. The number of ether oxygens (including phenoxy) is 1. The molecule has 29 heavy (non-hydrogen) atoms. The summed E-state index contributed by atoms with van der Waals surface area (Å²) in [5, 5.41) is 12.4. The van der Waals surface area contributed by atoms with Gasteiger partial charge < -0.3 is 10.1 Å². The van der Waals surface area contributed by atoms with Crippen LogP contribution in [0.5, 0.6) is 11.8 Å². The molecular formula is C22H28N6O. The number of nitrogens with zero attached hydrogens (tertiary/aromatic N) is 5. The SMILES string of the molecule is CCCc1nnn(C2CCNCC2)c1-c1ccnc(Oc2cc(C)cc(C)c2)n1. The molecule has 0 aliphatic carbocycles. The number of nitrogens with one attached hydrogen (secondary N) is 1. The summed E-state index contributed by atoms with van der Waals surface area (Å²) >= 11 is 0. The van der Waals surface area contributed by atoms with E-state index in [0.717, 1.165) is 72.7 Å². The van der Waals surface area contributed by atoms with Crippen LogP contribution in [0.1, 0.15) is 49.0 Å². The lowest BCUT2D eigenvalue weighted by atomic mass is 10.1.